The highest BCUT2D eigenvalue weighted by molar-refractivity contribution is 6.10. The first-order valence-electron chi connectivity index (χ1n) is 17.1. The fourth-order valence-corrected chi connectivity index (χ4v) is 7.26. The molecule has 0 fully saturated rings. The fourth-order valence-electron chi connectivity index (χ4n) is 7.26. The van der Waals surface area contributed by atoms with Crippen LogP contribution >= 0.6 is 0 Å². The molecule has 0 unspecified atom stereocenters. The van der Waals surface area contributed by atoms with Crippen LogP contribution < -0.4 is 4.90 Å². The van der Waals surface area contributed by atoms with E-state index in [1.54, 1.807) is 0 Å². The number of rotatable bonds is 6. The van der Waals surface area contributed by atoms with Gasteiger partial charge in [0.15, 0.2) is 0 Å². The third-order valence-corrected chi connectivity index (χ3v) is 9.71. The van der Waals surface area contributed by atoms with Crippen molar-refractivity contribution in [2.24, 2.45) is 0 Å². The number of benzene rings is 7. The number of hydrogen-bond donors (Lipinski definition) is 0. The predicted octanol–water partition coefficient (Wildman–Crippen LogP) is 12.3. The van der Waals surface area contributed by atoms with Gasteiger partial charge in [-0.3, -0.25) is 4.90 Å². The molecule has 5 heteroatoms. The summed E-state index contributed by atoms with van der Waals surface area (Å²) in [5.41, 5.74) is 11.4. The highest BCUT2D eigenvalue weighted by Gasteiger charge is 2.19. The second kappa shape index (κ2) is 11.9. The predicted molar refractivity (Wildman–Crippen MR) is 209 cm³/mol. The van der Waals surface area contributed by atoms with Crippen LogP contribution in [0.15, 0.2) is 187 Å². The topological polar surface area (TPSA) is 47.1 Å². The molecule has 0 radical (unpaired) electrons. The van der Waals surface area contributed by atoms with Crippen molar-refractivity contribution < 1.29 is 4.42 Å². The number of para-hydroxylation sites is 3. The van der Waals surface area contributed by atoms with E-state index >= 15 is 0 Å². The molecule has 0 aliphatic rings. The molecule has 3 heterocycles. The van der Waals surface area contributed by atoms with Crippen molar-refractivity contribution in [3.63, 3.8) is 0 Å². The number of anilines is 3. The minimum atomic E-state index is 0.585. The van der Waals surface area contributed by atoms with E-state index in [4.69, 9.17) is 14.4 Å². The Morgan fingerprint density at radius 1 is 0.412 bits per heavy atom. The van der Waals surface area contributed by atoms with Crippen molar-refractivity contribution >= 4 is 61.1 Å². The summed E-state index contributed by atoms with van der Waals surface area (Å²) in [5, 5.41) is 4.56. The van der Waals surface area contributed by atoms with Crippen molar-refractivity contribution in [3.05, 3.63) is 182 Å². The summed E-state index contributed by atoms with van der Waals surface area (Å²) >= 11 is 0. The van der Waals surface area contributed by atoms with Crippen LogP contribution in [0.3, 0.4) is 0 Å². The number of aromatic nitrogens is 3. The van der Waals surface area contributed by atoms with Crippen molar-refractivity contribution in [1.82, 2.24) is 14.5 Å². The van der Waals surface area contributed by atoms with Gasteiger partial charge in [-0.05, 0) is 83.4 Å². The van der Waals surface area contributed by atoms with Crippen LogP contribution in [0.25, 0.3) is 71.7 Å². The lowest BCUT2D eigenvalue weighted by Gasteiger charge is -2.24. The van der Waals surface area contributed by atoms with E-state index in [1.807, 2.05) is 36.7 Å². The first-order chi connectivity index (χ1) is 25.3. The normalized spacial score (nSPS) is 11.5. The van der Waals surface area contributed by atoms with Gasteiger partial charge in [-0.15, -0.1) is 0 Å². The number of hydrogen-bond acceptors (Lipinski definition) is 4. The van der Waals surface area contributed by atoms with Crippen LogP contribution in [-0.4, -0.2) is 14.5 Å². The summed E-state index contributed by atoms with van der Waals surface area (Å²) in [7, 11) is 0. The van der Waals surface area contributed by atoms with Gasteiger partial charge in [-0.25, -0.2) is 9.97 Å². The van der Waals surface area contributed by atoms with Crippen molar-refractivity contribution in [2.75, 3.05) is 4.90 Å². The second-order valence-electron chi connectivity index (χ2n) is 12.7. The first-order valence-corrected chi connectivity index (χ1v) is 17.1. The van der Waals surface area contributed by atoms with Gasteiger partial charge < -0.3 is 8.98 Å². The molecule has 10 aromatic rings. The van der Waals surface area contributed by atoms with Crippen LogP contribution in [0.1, 0.15) is 0 Å². The molecular formula is C46H30N4O. The Balaban J connectivity index is 1.10. The number of nitrogens with zero attached hydrogens (tertiary/aromatic N) is 4. The average Bonchev–Trinajstić information content (AvgIpc) is 3.74. The van der Waals surface area contributed by atoms with Crippen LogP contribution in [0.2, 0.25) is 0 Å². The lowest BCUT2D eigenvalue weighted by atomic mass is 10.0. The minimum absolute atomic E-state index is 0.585. The van der Waals surface area contributed by atoms with Crippen LogP contribution in [-0.2, 0) is 0 Å². The lowest BCUT2D eigenvalue weighted by molar-refractivity contribution is 0.669. The highest BCUT2D eigenvalue weighted by Crippen LogP contribution is 2.39. The van der Waals surface area contributed by atoms with E-state index in [-0.39, 0.29) is 0 Å². The Kier molecular flexibility index (Phi) is 6.74. The Bertz CT molecular complexity index is 2840. The Morgan fingerprint density at radius 3 is 1.82 bits per heavy atom. The molecule has 0 N–H and O–H groups in total. The molecule has 240 valence electrons. The SMILES string of the molecule is c1ccc(-c2ccc(N(c3ccc4c(c3)c3ccccc3n4-c3ccccc3)c3ncc(-c4ccc5c(c4)oc4ccccc45)cn3)cc2)cc1. The van der Waals surface area contributed by atoms with Crippen LogP contribution in [0.4, 0.5) is 17.3 Å². The largest absolute Gasteiger partial charge is 0.456 e. The molecule has 0 spiro atoms. The Morgan fingerprint density at radius 2 is 1.02 bits per heavy atom. The van der Waals surface area contributed by atoms with Gasteiger partial charge in [0, 0.05) is 56.6 Å². The molecule has 0 atom stereocenters. The number of fused-ring (bicyclic) bond motifs is 6. The van der Waals surface area contributed by atoms with Gasteiger partial charge in [0.05, 0.1) is 11.0 Å². The summed E-state index contributed by atoms with van der Waals surface area (Å²) in [5.74, 6) is 0.585. The highest BCUT2D eigenvalue weighted by atomic mass is 16.3. The van der Waals surface area contributed by atoms with E-state index in [9.17, 15) is 0 Å². The molecule has 51 heavy (non-hydrogen) atoms. The molecule has 0 saturated heterocycles. The summed E-state index contributed by atoms with van der Waals surface area (Å²) in [6, 6.07) is 59.2. The molecule has 3 aromatic heterocycles. The maximum Gasteiger partial charge on any atom is 0.234 e. The van der Waals surface area contributed by atoms with Crippen molar-refractivity contribution in [2.45, 2.75) is 0 Å². The molecule has 0 saturated carbocycles. The number of furan rings is 1. The van der Waals surface area contributed by atoms with E-state index in [0.29, 0.717) is 5.95 Å². The van der Waals surface area contributed by atoms with Crippen LogP contribution in [0, 0.1) is 0 Å². The Labute approximate surface area is 294 Å². The van der Waals surface area contributed by atoms with E-state index < -0.39 is 0 Å². The van der Waals surface area contributed by atoms with Gasteiger partial charge >= 0.3 is 0 Å². The van der Waals surface area contributed by atoms with E-state index in [1.165, 1.54) is 10.9 Å². The summed E-state index contributed by atoms with van der Waals surface area (Å²) in [6.07, 6.45) is 3.80. The first kappa shape index (κ1) is 29.0. The van der Waals surface area contributed by atoms with Crippen LogP contribution in [0.5, 0.6) is 0 Å². The molecule has 7 aromatic carbocycles. The third-order valence-electron chi connectivity index (χ3n) is 9.71. The standard InChI is InChI=1S/C46H30N4O/c1-3-11-31(12-4-1)32-19-22-36(23-20-32)49(37-24-26-43-41(28-37)38-15-7-9-17-42(38)50(43)35-13-5-2-6-14-35)46-47-29-34(30-48-46)33-21-25-40-39-16-8-10-18-44(39)51-45(40)27-33/h1-30H. The van der Waals surface area contributed by atoms with Crippen molar-refractivity contribution in [1.29, 1.82) is 0 Å². The molecular weight excluding hydrogens is 625 g/mol. The zero-order valence-corrected chi connectivity index (χ0v) is 27.5. The summed E-state index contributed by atoms with van der Waals surface area (Å²) in [4.78, 5) is 12.1. The minimum Gasteiger partial charge on any atom is -0.456 e. The van der Waals surface area contributed by atoms with E-state index in [0.717, 1.165) is 72.1 Å². The molecule has 10 rings (SSSR count). The van der Waals surface area contributed by atoms with Gasteiger partial charge in [0.1, 0.15) is 11.2 Å². The average molecular weight is 655 g/mol. The Hall–Kier alpha value is -6.98. The molecule has 0 bridgehead atoms. The summed E-state index contributed by atoms with van der Waals surface area (Å²) in [6.45, 7) is 0. The van der Waals surface area contributed by atoms with Gasteiger partial charge in [-0.1, -0.05) is 103 Å². The molecule has 0 aliphatic heterocycles. The maximum absolute atomic E-state index is 6.18. The zero-order valence-electron chi connectivity index (χ0n) is 27.5. The zero-order chi connectivity index (χ0) is 33.7. The molecule has 5 nitrogen and oxygen atoms in total. The van der Waals surface area contributed by atoms with E-state index in [2.05, 4.69) is 155 Å². The van der Waals surface area contributed by atoms with Crippen molar-refractivity contribution in [3.8, 4) is 27.9 Å². The fraction of sp³-hybridized carbons (Fsp3) is 0. The maximum atomic E-state index is 6.18. The third kappa shape index (κ3) is 4.94. The monoisotopic (exact) mass is 654 g/mol. The second-order valence-corrected chi connectivity index (χ2v) is 12.7. The summed E-state index contributed by atoms with van der Waals surface area (Å²) < 4.78 is 8.51. The smallest absolute Gasteiger partial charge is 0.234 e. The lowest BCUT2D eigenvalue weighted by Crippen LogP contribution is -2.13. The molecule has 0 aliphatic carbocycles. The van der Waals surface area contributed by atoms with Gasteiger partial charge in [0.2, 0.25) is 5.95 Å². The molecule has 0 amide bonds. The quantitative estimate of drug-likeness (QED) is 0.179. The van der Waals surface area contributed by atoms with Gasteiger partial charge in [0.25, 0.3) is 0 Å². The van der Waals surface area contributed by atoms with Gasteiger partial charge in [-0.2, -0.15) is 0 Å².